The molecule has 0 bridgehead atoms. The van der Waals surface area contributed by atoms with Gasteiger partial charge in [-0.15, -0.1) is 0 Å². The number of likely N-dealkylation sites (tertiary alicyclic amines) is 1. The van der Waals surface area contributed by atoms with E-state index < -0.39 is 33.5 Å². The zero-order valence-electron chi connectivity index (χ0n) is 22.3. The lowest BCUT2D eigenvalue weighted by molar-refractivity contribution is -0.160. The number of nitrogens with one attached hydrogen (secondary N) is 1. The lowest BCUT2D eigenvalue weighted by atomic mass is 9.67. The number of sulfonamides is 1. The van der Waals surface area contributed by atoms with Crippen LogP contribution in [0.2, 0.25) is 10.0 Å². The number of amides is 1. The van der Waals surface area contributed by atoms with Crippen LogP contribution in [-0.4, -0.2) is 42.9 Å². The van der Waals surface area contributed by atoms with E-state index in [2.05, 4.69) is 4.72 Å². The van der Waals surface area contributed by atoms with E-state index >= 15 is 0 Å². The Morgan fingerprint density at radius 2 is 1.70 bits per heavy atom. The van der Waals surface area contributed by atoms with Crippen molar-refractivity contribution in [2.75, 3.05) is 6.54 Å². The van der Waals surface area contributed by atoms with Gasteiger partial charge in [0, 0.05) is 28.5 Å². The fourth-order valence-electron chi connectivity index (χ4n) is 5.61. The predicted octanol–water partition coefficient (Wildman–Crippen LogP) is 6.29. The van der Waals surface area contributed by atoms with Crippen molar-refractivity contribution >= 4 is 45.1 Å². The molecule has 0 aliphatic carbocycles. The number of carboxylic acids is 1. The topological polar surface area (TPSA) is 104 Å². The maximum atomic E-state index is 14.3. The van der Waals surface area contributed by atoms with E-state index in [-0.39, 0.29) is 36.1 Å². The van der Waals surface area contributed by atoms with Crippen molar-refractivity contribution in [2.24, 2.45) is 5.41 Å². The molecule has 0 saturated carbocycles. The summed E-state index contributed by atoms with van der Waals surface area (Å²) in [5.41, 5.74) is 0.443. The van der Waals surface area contributed by atoms with Crippen LogP contribution in [0.3, 0.4) is 0 Å². The first-order valence-electron chi connectivity index (χ1n) is 13.1. The fraction of sp³-hybridized carbons (Fsp3) is 0.333. The number of carbonyl (C=O) groups is 2. The maximum absolute atomic E-state index is 14.3. The number of benzene rings is 3. The average Bonchev–Trinajstić information content (AvgIpc) is 2.92. The van der Waals surface area contributed by atoms with Crippen molar-refractivity contribution in [2.45, 2.75) is 56.0 Å². The molecule has 4 atom stereocenters. The molecule has 1 unspecified atom stereocenters. The molecule has 212 valence electrons. The van der Waals surface area contributed by atoms with Crippen LogP contribution in [0.15, 0.2) is 83.8 Å². The van der Waals surface area contributed by atoms with Gasteiger partial charge in [0.05, 0.1) is 22.8 Å². The third kappa shape index (κ3) is 6.52. The summed E-state index contributed by atoms with van der Waals surface area (Å²) in [6.45, 7) is 3.51. The van der Waals surface area contributed by atoms with Crippen LogP contribution in [0.1, 0.15) is 56.2 Å². The zero-order valence-corrected chi connectivity index (χ0v) is 24.6. The number of nitrogens with zero attached hydrogens (tertiary/aromatic N) is 1. The second-order valence-corrected chi connectivity index (χ2v) is 13.1. The van der Waals surface area contributed by atoms with Gasteiger partial charge in [-0.05, 0) is 60.4 Å². The van der Waals surface area contributed by atoms with Gasteiger partial charge in [0.1, 0.15) is 0 Å². The van der Waals surface area contributed by atoms with Crippen molar-refractivity contribution in [1.29, 1.82) is 0 Å². The van der Waals surface area contributed by atoms with Gasteiger partial charge in [-0.1, -0.05) is 79.5 Å². The lowest BCUT2D eigenvalue weighted by Crippen LogP contribution is -2.58. The molecule has 3 aromatic carbocycles. The van der Waals surface area contributed by atoms with Crippen LogP contribution in [0.4, 0.5) is 0 Å². The van der Waals surface area contributed by atoms with Gasteiger partial charge in [-0.3, -0.25) is 9.59 Å². The Bertz CT molecular complexity index is 1470. The maximum Gasteiger partial charge on any atom is 0.304 e. The minimum Gasteiger partial charge on any atom is -0.481 e. The second kappa shape index (κ2) is 12.3. The Labute approximate surface area is 245 Å². The largest absolute Gasteiger partial charge is 0.481 e. The van der Waals surface area contributed by atoms with Crippen LogP contribution in [-0.2, 0) is 19.6 Å². The lowest BCUT2D eigenvalue weighted by Gasteiger charge is -2.52. The number of hydrogen-bond acceptors (Lipinski definition) is 4. The van der Waals surface area contributed by atoms with Crippen LogP contribution < -0.4 is 4.72 Å². The molecule has 1 fully saturated rings. The van der Waals surface area contributed by atoms with E-state index in [0.29, 0.717) is 16.5 Å². The molecule has 7 nitrogen and oxygen atoms in total. The van der Waals surface area contributed by atoms with Crippen molar-refractivity contribution in [1.82, 2.24) is 9.62 Å². The summed E-state index contributed by atoms with van der Waals surface area (Å²) in [5, 5.41) is 10.8. The number of carboxylic acid groups (broad SMARTS) is 1. The highest BCUT2D eigenvalue weighted by atomic mass is 35.5. The summed E-state index contributed by atoms with van der Waals surface area (Å²) in [7, 11) is -3.85. The third-order valence-electron chi connectivity index (χ3n) is 7.56. The molecule has 1 saturated heterocycles. The molecular weight excluding hydrogens is 571 g/mol. The second-order valence-electron chi connectivity index (χ2n) is 10.4. The van der Waals surface area contributed by atoms with Crippen molar-refractivity contribution in [3.05, 3.63) is 100 Å². The van der Waals surface area contributed by atoms with E-state index in [0.717, 1.165) is 11.1 Å². The number of aliphatic carboxylic acids is 1. The highest BCUT2D eigenvalue weighted by Gasteiger charge is 2.52. The van der Waals surface area contributed by atoms with Gasteiger partial charge in [-0.2, -0.15) is 0 Å². The number of hydrogen-bond donors (Lipinski definition) is 2. The summed E-state index contributed by atoms with van der Waals surface area (Å²) in [5.74, 6) is -1.73. The first-order chi connectivity index (χ1) is 18.9. The quantitative estimate of drug-likeness (QED) is 0.284. The monoisotopic (exact) mass is 602 g/mol. The zero-order chi connectivity index (χ0) is 29.1. The van der Waals surface area contributed by atoms with Crippen molar-refractivity contribution < 1.29 is 23.1 Å². The van der Waals surface area contributed by atoms with Gasteiger partial charge >= 0.3 is 5.97 Å². The highest BCUT2D eigenvalue weighted by Crippen LogP contribution is 2.52. The summed E-state index contributed by atoms with van der Waals surface area (Å²) in [6.07, 6.45) is 0.339. The van der Waals surface area contributed by atoms with Gasteiger partial charge in [0.2, 0.25) is 15.9 Å². The number of rotatable bonds is 10. The Morgan fingerprint density at radius 1 is 1.02 bits per heavy atom. The fourth-order valence-corrected chi connectivity index (χ4v) is 7.03. The first kappa shape index (κ1) is 30.1. The number of piperidine rings is 1. The van der Waals surface area contributed by atoms with Gasteiger partial charge in [0.15, 0.2) is 0 Å². The van der Waals surface area contributed by atoms with Crippen molar-refractivity contribution in [3.63, 3.8) is 0 Å². The molecule has 2 N–H and O–H groups in total. The van der Waals surface area contributed by atoms with Gasteiger partial charge in [0.25, 0.3) is 0 Å². The van der Waals surface area contributed by atoms with Crippen LogP contribution in [0, 0.1) is 5.41 Å². The minimum atomic E-state index is -3.85. The van der Waals surface area contributed by atoms with E-state index in [9.17, 15) is 23.1 Å². The van der Waals surface area contributed by atoms with E-state index in [1.807, 2.05) is 37.3 Å². The molecule has 1 aliphatic rings. The number of halogens is 2. The van der Waals surface area contributed by atoms with Gasteiger partial charge < -0.3 is 10.0 Å². The normalized spacial score (nSPS) is 22.2. The molecule has 1 amide bonds. The summed E-state index contributed by atoms with van der Waals surface area (Å²) in [6, 6.07) is 21.5. The first-order valence-corrected chi connectivity index (χ1v) is 15.3. The Hall–Kier alpha value is -2.91. The summed E-state index contributed by atoms with van der Waals surface area (Å²) in [4.78, 5) is 28.1. The molecule has 4 rings (SSSR count). The summed E-state index contributed by atoms with van der Waals surface area (Å²) >= 11 is 12.6. The third-order valence-corrected chi connectivity index (χ3v) is 9.49. The standard InChI is InChI=1S/C30H32Cl2N2O5S/c1-3-24(19-33-40(38,39)25-10-5-4-6-11-25)34-28(20-12-14-22(31)15-13-20)26(21-8-7-9-23(32)16-21)17-30(2,29(34)37)18-27(35)36/h4-16,24,26,28,33H,3,17-19H2,1-2H3,(H,35,36)/t24?,26-,28-,30-/m1/s1. The van der Waals surface area contributed by atoms with Crippen LogP contribution in [0.5, 0.6) is 0 Å². The minimum absolute atomic E-state index is 0.0467. The SMILES string of the molecule is CCC(CNS(=O)(=O)c1ccccc1)N1C(=O)[C@@](C)(CC(=O)O)C[C@H](c2cccc(Cl)c2)[C@H]1c1ccc(Cl)cc1. The molecule has 1 aliphatic heterocycles. The Kier molecular flexibility index (Phi) is 9.25. The number of carbonyl (C=O) groups excluding carboxylic acids is 1. The van der Waals surface area contributed by atoms with Crippen LogP contribution in [0.25, 0.3) is 0 Å². The molecule has 10 heteroatoms. The highest BCUT2D eigenvalue weighted by molar-refractivity contribution is 7.89. The van der Waals surface area contributed by atoms with Crippen LogP contribution >= 0.6 is 23.2 Å². The Morgan fingerprint density at radius 3 is 2.30 bits per heavy atom. The smallest absolute Gasteiger partial charge is 0.304 e. The molecule has 0 spiro atoms. The molecule has 1 heterocycles. The molecule has 0 radical (unpaired) electrons. The van der Waals surface area contributed by atoms with E-state index in [4.69, 9.17) is 23.2 Å². The van der Waals surface area contributed by atoms with E-state index in [1.165, 1.54) is 12.1 Å². The van der Waals surface area contributed by atoms with Crippen molar-refractivity contribution in [3.8, 4) is 0 Å². The molecule has 0 aromatic heterocycles. The summed E-state index contributed by atoms with van der Waals surface area (Å²) < 4.78 is 28.8. The molecular formula is C30H32Cl2N2O5S. The molecule has 40 heavy (non-hydrogen) atoms. The van der Waals surface area contributed by atoms with Gasteiger partial charge in [-0.25, -0.2) is 13.1 Å². The predicted molar refractivity (Wildman–Crippen MR) is 156 cm³/mol. The molecule has 3 aromatic rings. The Balaban J connectivity index is 1.83. The van der Waals surface area contributed by atoms with E-state index in [1.54, 1.807) is 48.2 Å². The average molecular weight is 604 g/mol.